The number of anilines is 1. The van der Waals surface area contributed by atoms with Crippen molar-refractivity contribution in [3.05, 3.63) is 21.0 Å². The van der Waals surface area contributed by atoms with Gasteiger partial charge in [0.15, 0.2) is 0 Å². The topological polar surface area (TPSA) is 67.0 Å². The van der Waals surface area contributed by atoms with Gasteiger partial charge in [0.05, 0.1) is 18.0 Å². The third kappa shape index (κ3) is 2.82. The lowest BCUT2D eigenvalue weighted by Crippen LogP contribution is -2.27. The molecule has 0 aliphatic carbocycles. The van der Waals surface area contributed by atoms with Crippen molar-refractivity contribution < 1.29 is 4.74 Å². The molecule has 0 radical (unpaired) electrons. The van der Waals surface area contributed by atoms with Gasteiger partial charge in [-0.2, -0.15) is 5.10 Å². The van der Waals surface area contributed by atoms with E-state index in [0.717, 1.165) is 19.4 Å². The molecule has 0 aromatic carbocycles. The fourth-order valence-electron chi connectivity index (χ4n) is 1.70. The lowest BCUT2D eigenvalue weighted by molar-refractivity contribution is 0.0247. The summed E-state index contributed by atoms with van der Waals surface area (Å²) in [5.41, 5.74) is 0.479. The van der Waals surface area contributed by atoms with E-state index in [1.165, 1.54) is 6.42 Å². The monoisotopic (exact) mass is 287 g/mol. The van der Waals surface area contributed by atoms with Gasteiger partial charge in [0.2, 0.25) is 0 Å². The van der Waals surface area contributed by atoms with Gasteiger partial charge < -0.3 is 10.1 Å². The highest BCUT2D eigenvalue weighted by Gasteiger charge is 2.14. The molecule has 0 amide bonds. The molecule has 1 unspecified atom stereocenters. The van der Waals surface area contributed by atoms with Gasteiger partial charge in [-0.05, 0) is 35.2 Å². The molecule has 16 heavy (non-hydrogen) atoms. The van der Waals surface area contributed by atoms with E-state index in [4.69, 9.17) is 4.74 Å². The minimum absolute atomic E-state index is 0.227. The first-order chi connectivity index (χ1) is 7.77. The summed E-state index contributed by atoms with van der Waals surface area (Å²) >= 11 is 3.22. The predicted octanol–water partition coefficient (Wildman–Crippen LogP) is 1.51. The summed E-state index contributed by atoms with van der Waals surface area (Å²) in [7, 11) is 0. The Morgan fingerprint density at radius 1 is 1.62 bits per heavy atom. The highest BCUT2D eigenvalue weighted by atomic mass is 79.9. The zero-order chi connectivity index (χ0) is 11.4. The van der Waals surface area contributed by atoms with Gasteiger partial charge >= 0.3 is 0 Å². The second kappa shape index (κ2) is 5.45. The first-order valence-electron chi connectivity index (χ1n) is 5.36. The van der Waals surface area contributed by atoms with Gasteiger partial charge in [-0.15, -0.1) is 0 Å². The number of ether oxygens (including phenoxy) is 1. The molecular weight excluding hydrogens is 274 g/mol. The van der Waals surface area contributed by atoms with E-state index in [-0.39, 0.29) is 11.7 Å². The lowest BCUT2D eigenvalue weighted by atomic mass is 10.1. The molecule has 6 heteroatoms. The molecule has 1 aromatic heterocycles. The third-order valence-corrected chi connectivity index (χ3v) is 3.38. The second-order valence-electron chi connectivity index (χ2n) is 3.80. The normalized spacial score (nSPS) is 20.7. The molecule has 88 valence electrons. The number of H-pyrrole nitrogens is 1. The number of hydrogen-bond acceptors (Lipinski definition) is 4. The quantitative estimate of drug-likeness (QED) is 0.885. The van der Waals surface area contributed by atoms with E-state index in [2.05, 4.69) is 31.4 Å². The molecule has 0 bridgehead atoms. The number of aromatic nitrogens is 2. The summed E-state index contributed by atoms with van der Waals surface area (Å²) in [5.74, 6) is 0. The van der Waals surface area contributed by atoms with Crippen molar-refractivity contribution in [1.82, 2.24) is 10.2 Å². The molecule has 1 fully saturated rings. The van der Waals surface area contributed by atoms with Crippen molar-refractivity contribution in [3.8, 4) is 0 Å². The predicted molar refractivity (Wildman–Crippen MR) is 64.6 cm³/mol. The average Bonchev–Trinajstić information content (AvgIpc) is 2.32. The van der Waals surface area contributed by atoms with Crippen LogP contribution in [0.4, 0.5) is 5.69 Å². The number of hydrogen-bond donors (Lipinski definition) is 2. The van der Waals surface area contributed by atoms with Crippen LogP contribution in [0.5, 0.6) is 0 Å². The van der Waals surface area contributed by atoms with Crippen molar-refractivity contribution in [2.45, 2.75) is 25.4 Å². The van der Waals surface area contributed by atoms with Crippen LogP contribution < -0.4 is 10.9 Å². The minimum atomic E-state index is -0.227. The van der Waals surface area contributed by atoms with Crippen molar-refractivity contribution in [2.24, 2.45) is 0 Å². The molecular formula is C10H14BrN3O2. The zero-order valence-corrected chi connectivity index (χ0v) is 10.4. The van der Waals surface area contributed by atoms with Gasteiger partial charge in [-0.3, -0.25) is 4.79 Å². The maximum absolute atomic E-state index is 11.3. The first-order valence-corrected chi connectivity index (χ1v) is 6.15. The van der Waals surface area contributed by atoms with Crippen molar-refractivity contribution >= 4 is 21.6 Å². The van der Waals surface area contributed by atoms with E-state index in [0.29, 0.717) is 16.7 Å². The zero-order valence-electron chi connectivity index (χ0n) is 8.83. The Labute approximate surface area is 102 Å². The molecule has 1 saturated heterocycles. The first kappa shape index (κ1) is 11.6. The lowest BCUT2D eigenvalue weighted by Gasteiger charge is -2.23. The van der Waals surface area contributed by atoms with Crippen LogP contribution in [-0.4, -0.2) is 29.5 Å². The summed E-state index contributed by atoms with van der Waals surface area (Å²) in [6.07, 6.45) is 5.25. The second-order valence-corrected chi connectivity index (χ2v) is 4.59. The summed E-state index contributed by atoms with van der Waals surface area (Å²) in [6, 6.07) is 0. The Bertz CT molecular complexity index is 401. The van der Waals surface area contributed by atoms with Crippen molar-refractivity contribution in [3.63, 3.8) is 0 Å². The van der Waals surface area contributed by atoms with E-state index in [9.17, 15) is 4.79 Å². The Morgan fingerprint density at radius 3 is 3.25 bits per heavy atom. The van der Waals surface area contributed by atoms with Gasteiger partial charge in [-0.25, -0.2) is 5.10 Å². The van der Waals surface area contributed by atoms with Crippen LogP contribution in [0.3, 0.4) is 0 Å². The largest absolute Gasteiger partial charge is 0.380 e. The molecule has 2 rings (SSSR count). The Kier molecular flexibility index (Phi) is 3.95. The summed E-state index contributed by atoms with van der Waals surface area (Å²) in [5, 5.41) is 9.26. The summed E-state index contributed by atoms with van der Waals surface area (Å²) in [6.45, 7) is 1.55. The van der Waals surface area contributed by atoms with E-state index in [1.54, 1.807) is 6.20 Å². The van der Waals surface area contributed by atoms with E-state index >= 15 is 0 Å². The standard InChI is InChI=1S/C10H14BrN3O2/c11-9-8(6-13-14-10(9)15)12-5-7-3-1-2-4-16-7/h6-7H,1-5H2,(H2,12,14,15). The molecule has 1 aromatic rings. The minimum Gasteiger partial charge on any atom is -0.380 e. The number of rotatable bonds is 3. The smallest absolute Gasteiger partial charge is 0.280 e. The number of halogens is 1. The molecule has 1 aliphatic heterocycles. The number of nitrogens with one attached hydrogen (secondary N) is 2. The maximum Gasteiger partial charge on any atom is 0.280 e. The van der Waals surface area contributed by atoms with Crippen LogP contribution in [0.15, 0.2) is 15.5 Å². The molecule has 1 aliphatic rings. The van der Waals surface area contributed by atoms with Gasteiger partial charge in [-0.1, -0.05) is 0 Å². The van der Waals surface area contributed by atoms with Crippen LogP contribution in [0.25, 0.3) is 0 Å². The van der Waals surface area contributed by atoms with Gasteiger partial charge in [0.1, 0.15) is 4.47 Å². The molecule has 5 nitrogen and oxygen atoms in total. The molecule has 1 atom stereocenters. The van der Waals surface area contributed by atoms with Crippen LogP contribution in [0.2, 0.25) is 0 Å². The van der Waals surface area contributed by atoms with Crippen LogP contribution >= 0.6 is 15.9 Å². The Balaban J connectivity index is 1.93. The average molecular weight is 288 g/mol. The SMILES string of the molecule is O=c1[nH]ncc(NCC2CCCCO2)c1Br. The molecule has 2 N–H and O–H groups in total. The Morgan fingerprint density at radius 2 is 2.50 bits per heavy atom. The van der Waals surface area contributed by atoms with E-state index in [1.807, 2.05) is 0 Å². The molecule has 2 heterocycles. The van der Waals surface area contributed by atoms with Crippen LogP contribution in [-0.2, 0) is 4.74 Å². The van der Waals surface area contributed by atoms with Gasteiger partial charge in [0, 0.05) is 13.2 Å². The van der Waals surface area contributed by atoms with Crippen molar-refractivity contribution in [2.75, 3.05) is 18.5 Å². The molecule has 0 saturated carbocycles. The maximum atomic E-state index is 11.3. The fourth-order valence-corrected chi connectivity index (χ4v) is 2.03. The highest BCUT2D eigenvalue weighted by molar-refractivity contribution is 9.10. The van der Waals surface area contributed by atoms with Crippen molar-refractivity contribution in [1.29, 1.82) is 0 Å². The number of aromatic amines is 1. The fraction of sp³-hybridized carbons (Fsp3) is 0.600. The Hall–Kier alpha value is -0.880. The van der Waals surface area contributed by atoms with E-state index < -0.39 is 0 Å². The summed E-state index contributed by atoms with van der Waals surface area (Å²) < 4.78 is 6.07. The van der Waals surface area contributed by atoms with Crippen LogP contribution in [0, 0.1) is 0 Å². The highest BCUT2D eigenvalue weighted by Crippen LogP contribution is 2.17. The third-order valence-electron chi connectivity index (χ3n) is 2.59. The molecule has 0 spiro atoms. The summed E-state index contributed by atoms with van der Waals surface area (Å²) in [4.78, 5) is 11.3. The van der Waals surface area contributed by atoms with Crippen LogP contribution in [0.1, 0.15) is 19.3 Å². The van der Waals surface area contributed by atoms with Gasteiger partial charge in [0.25, 0.3) is 5.56 Å². The number of nitrogens with zero attached hydrogens (tertiary/aromatic N) is 1.